The van der Waals surface area contributed by atoms with Crippen LogP contribution in [0.2, 0.25) is 0 Å². The van der Waals surface area contributed by atoms with Crippen LogP contribution < -0.4 is 14.8 Å². The third-order valence-corrected chi connectivity index (χ3v) is 4.37. The average Bonchev–Trinajstić information content (AvgIpc) is 3.41. The molecule has 0 spiro atoms. The minimum atomic E-state index is -0.257. The number of amides is 1. The Morgan fingerprint density at radius 2 is 1.92 bits per heavy atom. The lowest BCUT2D eigenvalue weighted by molar-refractivity contribution is -0.122. The van der Waals surface area contributed by atoms with Gasteiger partial charge in [0.05, 0.1) is 14.2 Å². The number of nitrogens with one attached hydrogen (secondary N) is 1. The number of ether oxygens (including phenoxy) is 2. The van der Waals surface area contributed by atoms with Crippen LogP contribution in [0, 0.1) is 11.7 Å². The van der Waals surface area contributed by atoms with Crippen LogP contribution in [0.25, 0.3) is 0 Å². The molecule has 0 bridgehead atoms. The molecule has 1 aliphatic rings. The fourth-order valence-electron chi connectivity index (χ4n) is 2.87. The smallest absolute Gasteiger partial charge is 0.224 e. The molecule has 3 rings (SSSR count). The molecule has 1 amide bonds. The number of hydrogen-bond acceptors (Lipinski definition) is 3. The molecule has 0 saturated heterocycles. The van der Waals surface area contributed by atoms with Gasteiger partial charge >= 0.3 is 0 Å². The number of hydrogen-bond donors (Lipinski definition) is 1. The average molecular weight is 329 g/mol. The molecule has 4 nitrogen and oxygen atoms in total. The lowest BCUT2D eigenvalue weighted by Gasteiger charge is -2.11. The minimum Gasteiger partial charge on any atom is -0.497 e. The van der Waals surface area contributed by atoms with Gasteiger partial charge in [-0.15, -0.1) is 0 Å². The molecular formula is C19H20FNO3. The number of halogens is 1. The van der Waals surface area contributed by atoms with Crippen molar-refractivity contribution in [3.8, 4) is 11.5 Å². The molecule has 0 heterocycles. The van der Waals surface area contributed by atoms with Gasteiger partial charge in [0.25, 0.3) is 0 Å². The maximum Gasteiger partial charge on any atom is 0.224 e. The van der Waals surface area contributed by atoms with Crippen molar-refractivity contribution in [1.82, 2.24) is 5.32 Å². The predicted molar refractivity (Wildman–Crippen MR) is 88.6 cm³/mol. The summed E-state index contributed by atoms with van der Waals surface area (Å²) >= 11 is 0. The molecule has 0 aliphatic heterocycles. The van der Waals surface area contributed by atoms with Crippen LogP contribution in [0.1, 0.15) is 23.5 Å². The van der Waals surface area contributed by atoms with E-state index in [2.05, 4.69) is 5.32 Å². The van der Waals surface area contributed by atoms with Crippen LogP contribution in [0.5, 0.6) is 11.5 Å². The first-order valence-electron chi connectivity index (χ1n) is 7.86. The Kier molecular flexibility index (Phi) is 4.69. The second-order valence-corrected chi connectivity index (χ2v) is 5.90. The Hall–Kier alpha value is -2.56. The molecular weight excluding hydrogens is 309 g/mol. The molecule has 1 saturated carbocycles. The van der Waals surface area contributed by atoms with Crippen LogP contribution in [0.4, 0.5) is 4.39 Å². The van der Waals surface area contributed by atoms with E-state index in [0.717, 1.165) is 17.5 Å². The number of carbonyl (C=O) groups is 1. The molecule has 1 fully saturated rings. The van der Waals surface area contributed by atoms with Gasteiger partial charge in [-0.1, -0.05) is 12.1 Å². The minimum absolute atomic E-state index is 0.0159. The molecule has 126 valence electrons. The maximum atomic E-state index is 13.0. The molecule has 0 radical (unpaired) electrons. The van der Waals surface area contributed by atoms with Crippen LogP contribution in [-0.2, 0) is 11.3 Å². The Balaban J connectivity index is 1.58. The lowest BCUT2D eigenvalue weighted by atomic mass is 10.1. The van der Waals surface area contributed by atoms with Crippen LogP contribution in [0.3, 0.4) is 0 Å². The van der Waals surface area contributed by atoms with Crippen molar-refractivity contribution >= 4 is 5.91 Å². The molecule has 2 aromatic carbocycles. The van der Waals surface area contributed by atoms with Crippen LogP contribution in [0.15, 0.2) is 42.5 Å². The summed E-state index contributed by atoms with van der Waals surface area (Å²) in [5.41, 5.74) is 1.91. The van der Waals surface area contributed by atoms with E-state index < -0.39 is 0 Å². The lowest BCUT2D eigenvalue weighted by Crippen LogP contribution is -2.25. The van der Waals surface area contributed by atoms with Crippen molar-refractivity contribution in [1.29, 1.82) is 0 Å². The Morgan fingerprint density at radius 1 is 1.17 bits per heavy atom. The first-order chi connectivity index (χ1) is 11.6. The molecule has 24 heavy (non-hydrogen) atoms. The summed E-state index contributed by atoms with van der Waals surface area (Å²) < 4.78 is 23.5. The van der Waals surface area contributed by atoms with Crippen LogP contribution in [-0.4, -0.2) is 20.1 Å². The van der Waals surface area contributed by atoms with Crippen molar-refractivity contribution in [3.63, 3.8) is 0 Å². The van der Waals surface area contributed by atoms with E-state index in [1.807, 2.05) is 12.1 Å². The van der Waals surface area contributed by atoms with E-state index in [0.29, 0.717) is 18.0 Å². The van der Waals surface area contributed by atoms with Crippen molar-refractivity contribution in [2.24, 2.45) is 5.92 Å². The highest BCUT2D eigenvalue weighted by Crippen LogP contribution is 2.47. The number of rotatable bonds is 6. The van der Waals surface area contributed by atoms with E-state index in [9.17, 15) is 9.18 Å². The number of carbonyl (C=O) groups excluding carboxylic acids is 1. The SMILES string of the molecule is COc1ccc(CNC(=O)C2CC2c2ccc(F)cc2)c(OC)c1. The largest absolute Gasteiger partial charge is 0.497 e. The van der Waals surface area contributed by atoms with Crippen LogP contribution >= 0.6 is 0 Å². The highest BCUT2D eigenvalue weighted by Gasteiger charge is 2.43. The van der Waals surface area contributed by atoms with E-state index in [-0.39, 0.29) is 23.6 Å². The van der Waals surface area contributed by atoms with Gasteiger partial charge in [0.15, 0.2) is 0 Å². The predicted octanol–water partition coefficient (Wildman–Crippen LogP) is 3.26. The molecule has 0 aromatic heterocycles. The first-order valence-corrected chi connectivity index (χ1v) is 7.86. The van der Waals surface area contributed by atoms with E-state index in [1.54, 1.807) is 32.4 Å². The summed E-state index contributed by atoms with van der Waals surface area (Å²) in [6.07, 6.45) is 0.803. The van der Waals surface area contributed by atoms with Gasteiger partial charge < -0.3 is 14.8 Å². The summed E-state index contributed by atoms with van der Waals surface area (Å²) in [6.45, 7) is 0.401. The van der Waals surface area contributed by atoms with Gasteiger partial charge in [0.1, 0.15) is 17.3 Å². The van der Waals surface area contributed by atoms with Gasteiger partial charge in [0, 0.05) is 24.1 Å². The number of methoxy groups -OCH3 is 2. The fourth-order valence-corrected chi connectivity index (χ4v) is 2.87. The van der Waals surface area contributed by atoms with Crippen molar-refractivity contribution in [2.75, 3.05) is 14.2 Å². The Bertz CT molecular complexity index is 730. The van der Waals surface area contributed by atoms with E-state index in [4.69, 9.17) is 9.47 Å². The third kappa shape index (κ3) is 3.50. The first kappa shape index (κ1) is 16.3. The monoisotopic (exact) mass is 329 g/mol. The highest BCUT2D eigenvalue weighted by atomic mass is 19.1. The topological polar surface area (TPSA) is 47.6 Å². The zero-order chi connectivity index (χ0) is 17.1. The zero-order valence-corrected chi connectivity index (χ0v) is 13.7. The van der Waals surface area contributed by atoms with Gasteiger partial charge in [-0.2, -0.15) is 0 Å². The van der Waals surface area contributed by atoms with Gasteiger partial charge in [-0.05, 0) is 42.2 Å². The quantitative estimate of drug-likeness (QED) is 0.885. The standard InChI is InChI=1S/C19H20FNO3/c1-23-15-8-5-13(18(9-15)24-2)11-21-19(22)17-10-16(17)12-3-6-14(20)7-4-12/h3-9,16-17H,10-11H2,1-2H3,(H,21,22). The summed E-state index contributed by atoms with van der Waals surface area (Å²) in [5, 5.41) is 2.95. The zero-order valence-electron chi connectivity index (χ0n) is 13.7. The summed E-state index contributed by atoms with van der Waals surface area (Å²) in [4.78, 5) is 12.3. The maximum absolute atomic E-state index is 13.0. The summed E-state index contributed by atoms with van der Waals surface area (Å²) in [5.74, 6) is 1.29. The highest BCUT2D eigenvalue weighted by molar-refractivity contribution is 5.82. The Morgan fingerprint density at radius 3 is 2.58 bits per heavy atom. The van der Waals surface area contributed by atoms with Gasteiger partial charge in [0.2, 0.25) is 5.91 Å². The molecule has 2 aromatic rings. The van der Waals surface area contributed by atoms with Gasteiger partial charge in [-0.25, -0.2) is 4.39 Å². The molecule has 5 heteroatoms. The second-order valence-electron chi connectivity index (χ2n) is 5.90. The summed E-state index contributed by atoms with van der Waals surface area (Å²) in [7, 11) is 3.18. The number of benzene rings is 2. The third-order valence-electron chi connectivity index (χ3n) is 4.37. The van der Waals surface area contributed by atoms with Crippen molar-refractivity contribution in [2.45, 2.75) is 18.9 Å². The second kappa shape index (κ2) is 6.91. The van der Waals surface area contributed by atoms with E-state index in [1.165, 1.54) is 12.1 Å². The normalized spacial score (nSPS) is 18.8. The summed E-state index contributed by atoms with van der Waals surface area (Å²) in [6, 6.07) is 11.9. The van der Waals surface area contributed by atoms with E-state index >= 15 is 0 Å². The molecule has 1 aliphatic carbocycles. The van der Waals surface area contributed by atoms with Crippen molar-refractivity contribution in [3.05, 3.63) is 59.4 Å². The van der Waals surface area contributed by atoms with Crippen molar-refractivity contribution < 1.29 is 18.7 Å². The Labute approximate surface area is 140 Å². The fraction of sp³-hybridized carbons (Fsp3) is 0.316. The van der Waals surface area contributed by atoms with Gasteiger partial charge in [-0.3, -0.25) is 4.79 Å². The molecule has 2 unspecified atom stereocenters. The molecule has 2 atom stereocenters. The molecule has 1 N–H and O–H groups in total.